The number of amides is 1. The fourth-order valence-electron chi connectivity index (χ4n) is 4.68. The maximum Gasteiger partial charge on any atom is 0.228 e. The van der Waals surface area contributed by atoms with Gasteiger partial charge in [0.25, 0.3) is 0 Å². The molecule has 1 unspecified atom stereocenters. The van der Waals surface area contributed by atoms with Crippen molar-refractivity contribution < 1.29 is 17.9 Å². The number of aryl methyl sites for hydroxylation is 1. The van der Waals surface area contributed by atoms with Crippen molar-refractivity contribution in [3.63, 3.8) is 0 Å². The van der Waals surface area contributed by atoms with Crippen LogP contribution in [-0.4, -0.2) is 48.0 Å². The molecular formula is C28H35N3O4S. The average Bonchev–Trinajstić information content (AvgIpc) is 3.51. The minimum atomic E-state index is -3.69. The van der Waals surface area contributed by atoms with Crippen LogP contribution in [0.25, 0.3) is 0 Å². The van der Waals surface area contributed by atoms with Gasteiger partial charge >= 0.3 is 0 Å². The zero-order valence-corrected chi connectivity index (χ0v) is 22.1. The van der Waals surface area contributed by atoms with Gasteiger partial charge in [-0.05, 0) is 50.3 Å². The molecule has 1 aromatic heterocycles. The summed E-state index contributed by atoms with van der Waals surface area (Å²) < 4.78 is 34.5. The van der Waals surface area contributed by atoms with Gasteiger partial charge in [-0.2, -0.15) is 0 Å². The number of benzene rings is 2. The van der Waals surface area contributed by atoms with Gasteiger partial charge in [0.2, 0.25) is 20.9 Å². The van der Waals surface area contributed by atoms with Crippen LogP contribution in [0.5, 0.6) is 0 Å². The molecule has 3 aromatic rings. The molecule has 0 aliphatic carbocycles. The van der Waals surface area contributed by atoms with Gasteiger partial charge in [-0.1, -0.05) is 54.6 Å². The van der Waals surface area contributed by atoms with E-state index < -0.39 is 9.84 Å². The van der Waals surface area contributed by atoms with Gasteiger partial charge < -0.3 is 14.2 Å². The topological polar surface area (TPSA) is 81.5 Å². The van der Waals surface area contributed by atoms with E-state index in [2.05, 4.69) is 4.98 Å². The fourth-order valence-corrected chi connectivity index (χ4v) is 6.39. The summed E-state index contributed by atoms with van der Waals surface area (Å²) in [5.74, 6) is -0.132. The molecule has 2 aromatic carbocycles. The van der Waals surface area contributed by atoms with Crippen molar-refractivity contribution in [2.24, 2.45) is 0 Å². The van der Waals surface area contributed by atoms with E-state index in [1.165, 1.54) is 0 Å². The molecule has 192 valence electrons. The number of carbonyl (C=O) groups excluding carboxylic acids is 1. The lowest BCUT2D eigenvalue weighted by atomic mass is 10.1. The molecule has 0 N–H and O–H groups in total. The molecule has 0 radical (unpaired) electrons. The number of carbonyl (C=O) groups is 1. The highest BCUT2D eigenvalue weighted by atomic mass is 32.2. The number of hydrogen-bond acceptors (Lipinski definition) is 5. The summed E-state index contributed by atoms with van der Waals surface area (Å²) >= 11 is 0. The van der Waals surface area contributed by atoms with Crippen LogP contribution in [-0.2, 0) is 38.1 Å². The Morgan fingerprint density at radius 1 is 1.14 bits per heavy atom. The summed E-state index contributed by atoms with van der Waals surface area (Å²) in [5, 5.41) is 0.0447. The van der Waals surface area contributed by atoms with E-state index in [-0.39, 0.29) is 41.9 Å². The Hall–Kier alpha value is -2.97. The van der Waals surface area contributed by atoms with Crippen molar-refractivity contribution in [2.75, 3.05) is 13.2 Å². The molecule has 7 nitrogen and oxygen atoms in total. The standard InChI is InChI=1S/C28H35N3O4S/c1-21(2)31-25(17-29-28(31)36(33,34)20-24-13-8-7-10-22(24)3)18-30(19-26-14-9-15-35-26)27(32)16-23-11-5-4-6-12-23/h4-8,10-13,17,21,26H,9,14-16,18-20H2,1-3H3. The van der Waals surface area contributed by atoms with E-state index in [1.807, 2.05) is 75.4 Å². The Balaban J connectivity index is 1.62. The third-order valence-electron chi connectivity index (χ3n) is 6.59. The van der Waals surface area contributed by atoms with Crippen LogP contribution in [0.4, 0.5) is 0 Å². The number of nitrogens with zero attached hydrogens (tertiary/aromatic N) is 3. The highest BCUT2D eigenvalue weighted by molar-refractivity contribution is 7.90. The number of rotatable bonds is 10. The van der Waals surface area contributed by atoms with Crippen molar-refractivity contribution in [3.05, 3.63) is 83.2 Å². The van der Waals surface area contributed by atoms with Gasteiger partial charge in [0.05, 0.1) is 36.7 Å². The van der Waals surface area contributed by atoms with E-state index in [1.54, 1.807) is 15.7 Å². The Morgan fingerprint density at radius 3 is 2.53 bits per heavy atom. The quantitative estimate of drug-likeness (QED) is 0.402. The minimum absolute atomic E-state index is 0.00981. The second kappa shape index (κ2) is 11.4. The highest BCUT2D eigenvalue weighted by Crippen LogP contribution is 2.24. The molecule has 2 heterocycles. The monoisotopic (exact) mass is 509 g/mol. The largest absolute Gasteiger partial charge is 0.376 e. The van der Waals surface area contributed by atoms with Crippen molar-refractivity contribution in [2.45, 2.75) is 69.6 Å². The maximum atomic E-state index is 13.4. The zero-order chi connectivity index (χ0) is 25.7. The summed E-state index contributed by atoms with van der Waals surface area (Å²) in [6, 6.07) is 17.0. The second-order valence-corrected chi connectivity index (χ2v) is 11.6. The summed E-state index contributed by atoms with van der Waals surface area (Å²) in [4.78, 5) is 19.5. The summed E-state index contributed by atoms with van der Waals surface area (Å²) in [5.41, 5.74) is 3.33. The van der Waals surface area contributed by atoms with Crippen molar-refractivity contribution >= 4 is 15.7 Å². The first-order valence-electron chi connectivity index (χ1n) is 12.5. The number of aromatic nitrogens is 2. The summed E-state index contributed by atoms with van der Waals surface area (Å²) in [7, 11) is -3.69. The average molecular weight is 510 g/mol. The number of hydrogen-bond donors (Lipinski definition) is 0. The van der Waals surface area contributed by atoms with Crippen LogP contribution in [0, 0.1) is 6.92 Å². The normalized spacial score (nSPS) is 15.9. The van der Waals surface area contributed by atoms with Crippen LogP contribution in [0.3, 0.4) is 0 Å². The zero-order valence-electron chi connectivity index (χ0n) is 21.3. The molecule has 0 spiro atoms. The van der Waals surface area contributed by atoms with Crippen molar-refractivity contribution in [1.82, 2.24) is 14.5 Å². The van der Waals surface area contributed by atoms with E-state index in [9.17, 15) is 13.2 Å². The first kappa shape index (κ1) is 26.1. The summed E-state index contributed by atoms with van der Waals surface area (Å²) in [6.07, 6.45) is 3.76. The van der Waals surface area contributed by atoms with Gasteiger partial charge in [-0.25, -0.2) is 13.4 Å². The Bertz CT molecular complexity index is 1280. The van der Waals surface area contributed by atoms with E-state index in [0.29, 0.717) is 18.8 Å². The fraction of sp³-hybridized carbons (Fsp3) is 0.429. The van der Waals surface area contributed by atoms with Gasteiger partial charge in [0, 0.05) is 19.2 Å². The van der Waals surface area contributed by atoms with Crippen molar-refractivity contribution in [3.8, 4) is 0 Å². The molecule has 1 amide bonds. The predicted octanol–water partition coefficient (Wildman–Crippen LogP) is 4.50. The van der Waals surface area contributed by atoms with Gasteiger partial charge in [-0.15, -0.1) is 0 Å². The molecule has 1 saturated heterocycles. The summed E-state index contributed by atoms with van der Waals surface area (Å²) in [6.45, 7) is 7.24. The van der Waals surface area contributed by atoms with Gasteiger partial charge in [-0.3, -0.25) is 4.79 Å². The Labute approximate surface area is 214 Å². The third kappa shape index (κ3) is 6.23. The molecule has 4 rings (SSSR count). The maximum absolute atomic E-state index is 13.4. The highest BCUT2D eigenvalue weighted by Gasteiger charge is 2.29. The molecular weight excluding hydrogens is 474 g/mol. The van der Waals surface area contributed by atoms with Crippen molar-refractivity contribution in [1.29, 1.82) is 0 Å². The molecule has 0 bridgehead atoms. The van der Waals surface area contributed by atoms with Gasteiger partial charge in [0.15, 0.2) is 0 Å². The van der Waals surface area contributed by atoms with E-state index >= 15 is 0 Å². The van der Waals surface area contributed by atoms with E-state index in [0.717, 1.165) is 29.5 Å². The van der Waals surface area contributed by atoms with Crippen LogP contribution >= 0.6 is 0 Å². The number of ether oxygens (including phenoxy) is 1. The van der Waals surface area contributed by atoms with Crippen LogP contribution in [0.1, 0.15) is 55.1 Å². The lowest BCUT2D eigenvalue weighted by molar-refractivity contribution is -0.132. The lowest BCUT2D eigenvalue weighted by Gasteiger charge is -2.27. The molecule has 0 saturated carbocycles. The first-order valence-corrected chi connectivity index (χ1v) is 14.2. The molecule has 1 fully saturated rings. The number of sulfone groups is 1. The Kier molecular flexibility index (Phi) is 8.26. The molecule has 1 aliphatic rings. The predicted molar refractivity (Wildman–Crippen MR) is 139 cm³/mol. The van der Waals surface area contributed by atoms with Crippen LogP contribution < -0.4 is 0 Å². The SMILES string of the molecule is Cc1ccccc1CS(=O)(=O)c1ncc(CN(CC2CCCO2)C(=O)Cc2ccccc2)n1C(C)C. The Morgan fingerprint density at radius 2 is 1.86 bits per heavy atom. The second-order valence-electron chi connectivity index (χ2n) is 9.75. The first-order chi connectivity index (χ1) is 17.2. The lowest BCUT2D eigenvalue weighted by Crippen LogP contribution is -2.38. The molecule has 1 atom stereocenters. The molecule has 1 aliphatic heterocycles. The third-order valence-corrected chi connectivity index (χ3v) is 8.14. The van der Waals surface area contributed by atoms with Gasteiger partial charge in [0.1, 0.15) is 0 Å². The minimum Gasteiger partial charge on any atom is -0.376 e. The molecule has 8 heteroatoms. The van der Waals surface area contributed by atoms with Crippen LogP contribution in [0.2, 0.25) is 0 Å². The molecule has 36 heavy (non-hydrogen) atoms. The number of imidazole rings is 1. The van der Waals surface area contributed by atoms with E-state index in [4.69, 9.17) is 4.74 Å². The smallest absolute Gasteiger partial charge is 0.228 e. The van der Waals surface area contributed by atoms with Crippen LogP contribution in [0.15, 0.2) is 66.0 Å².